The predicted molar refractivity (Wildman–Crippen MR) is 95.4 cm³/mol. The second kappa shape index (κ2) is 7.72. The fraction of sp³-hybridized carbons (Fsp3) is 0.529. The molecular formula is C17H21Cl2N3O2. The second-order valence-electron chi connectivity index (χ2n) is 6.63. The van der Waals surface area contributed by atoms with Crippen LogP contribution < -0.4 is 16.0 Å². The smallest absolute Gasteiger partial charge is 0.243 e. The van der Waals surface area contributed by atoms with E-state index in [1.807, 2.05) is 0 Å². The van der Waals surface area contributed by atoms with Crippen molar-refractivity contribution in [2.24, 2.45) is 5.92 Å². The lowest BCUT2D eigenvalue weighted by Gasteiger charge is -2.28. The van der Waals surface area contributed by atoms with Gasteiger partial charge in [-0.15, -0.1) is 0 Å². The molecule has 5 nitrogen and oxygen atoms in total. The molecule has 0 spiro atoms. The van der Waals surface area contributed by atoms with Gasteiger partial charge in [0.25, 0.3) is 0 Å². The van der Waals surface area contributed by atoms with E-state index in [1.54, 1.807) is 18.2 Å². The number of carbonyl (C=O) groups excluding carboxylic acids is 2. The first-order chi connectivity index (χ1) is 11.5. The van der Waals surface area contributed by atoms with Crippen molar-refractivity contribution in [2.75, 3.05) is 11.9 Å². The molecule has 7 heteroatoms. The molecule has 2 aliphatic heterocycles. The lowest BCUT2D eigenvalue weighted by molar-refractivity contribution is -0.125. The molecule has 3 rings (SSSR count). The zero-order valence-electron chi connectivity index (χ0n) is 13.3. The van der Waals surface area contributed by atoms with Crippen molar-refractivity contribution in [1.29, 1.82) is 0 Å². The normalized spacial score (nSPS) is 25.3. The van der Waals surface area contributed by atoms with Gasteiger partial charge in [0, 0.05) is 23.5 Å². The number of hydrogen-bond donors (Lipinski definition) is 3. The number of rotatable bonds is 5. The molecule has 24 heavy (non-hydrogen) atoms. The molecule has 2 amide bonds. The molecule has 2 heterocycles. The molecule has 2 saturated heterocycles. The van der Waals surface area contributed by atoms with Crippen LogP contribution in [0.5, 0.6) is 0 Å². The molecule has 0 aromatic heterocycles. The lowest BCUT2D eigenvalue weighted by atomic mass is 9.89. The Kier molecular flexibility index (Phi) is 5.64. The van der Waals surface area contributed by atoms with Gasteiger partial charge in [-0.3, -0.25) is 9.59 Å². The Morgan fingerprint density at radius 2 is 1.83 bits per heavy atom. The van der Waals surface area contributed by atoms with Crippen molar-refractivity contribution in [1.82, 2.24) is 10.6 Å². The van der Waals surface area contributed by atoms with Gasteiger partial charge in [0.2, 0.25) is 11.8 Å². The van der Waals surface area contributed by atoms with Crippen molar-refractivity contribution in [3.05, 3.63) is 28.2 Å². The van der Waals surface area contributed by atoms with Gasteiger partial charge < -0.3 is 16.0 Å². The van der Waals surface area contributed by atoms with Crippen LogP contribution in [0.25, 0.3) is 0 Å². The van der Waals surface area contributed by atoms with Gasteiger partial charge in [-0.2, -0.15) is 0 Å². The van der Waals surface area contributed by atoms with Gasteiger partial charge in [-0.25, -0.2) is 0 Å². The summed E-state index contributed by atoms with van der Waals surface area (Å²) >= 11 is 11.9. The molecule has 2 fully saturated rings. The first-order valence-electron chi connectivity index (χ1n) is 8.27. The summed E-state index contributed by atoms with van der Waals surface area (Å²) in [5.74, 6) is 0.0146. The summed E-state index contributed by atoms with van der Waals surface area (Å²) in [7, 11) is 0. The predicted octanol–water partition coefficient (Wildman–Crippen LogP) is 2.97. The highest BCUT2D eigenvalue weighted by atomic mass is 35.5. The molecule has 1 aromatic carbocycles. The molecule has 2 aliphatic rings. The van der Waals surface area contributed by atoms with Crippen LogP contribution in [0.4, 0.5) is 5.69 Å². The quantitative estimate of drug-likeness (QED) is 0.746. The van der Waals surface area contributed by atoms with Gasteiger partial charge in [0.15, 0.2) is 0 Å². The van der Waals surface area contributed by atoms with E-state index in [9.17, 15) is 9.59 Å². The highest BCUT2D eigenvalue weighted by Crippen LogP contribution is 2.32. The summed E-state index contributed by atoms with van der Waals surface area (Å²) < 4.78 is 0. The minimum Gasteiger partial charge on any atom is -0.347 e. The average Bonchev–Trinajstić information content (AvgIpc) is 2.88. The third-order valence-corrected chi connectivity index (χ3v) is 5.26. The number of carbonyl (C=O) groups is 2. The van der Waals surface area contributed by atoms with Crippen LogP contribution in [-0.4, -0.2) is 30.4 Å². The second-order valence-corrected chi connectivity index (χ2v) is 7.47. The van der Waals surface area contributed by atoms with Gasteiger partial charge in [0.05, 0.1) is 17.3 Å². The minimum absolute atomic E-state index is 0.0699. The maximum atomic E-state index is 12.1. The maximum absolute atomic E-state index is 12.1. The van der Waals surface area contributed by atoms with E-state index < -0.39 is 0 Å². The fourth-order valence-electron chi connectivity index (χ4n) is 3.64. The monoisotopic (exact) mass is 369 g/mol. The number of anilines is 1. The number of nitrogens with one attached hydrogen (secondary N) is 3. The van der Waals surface area contributed by atoms with E-state index >= 15 is 0 Å². The Hall–Kier alpha value is -1.30. The first-order valence-corrected chi connectivity index (χ1v) is 9.03. The van der Waals surface area contributed by atoms with Crippen molar-refractivity contribution in [3.63, 3.8) is 0 Å². The number of fused-ring (bicyclic) bond motifs is 2. The molecule has 2 unspecified atom stereocenters. The summed E-state index contributed by atoms with van der Waals surface area (Å²) in [5.41, 5.74) is 0.443. The fourth-order valence-corrected chi connectivity index (χ4v) is 3.98. The Bertz CT molecular complexity index is 626. The number of amides is 2. The molecule has 0 saturated carbocycles. The topological polar surface area (TPSA) is 70.2 Å². The Balaban J connectivity index is 1.42. The Morgan fingerprint density at radius 1 is 1.12 bits per heavy atom. The van der Waals surface area contributed by atoms with Crippen LogP contribution in [0.1, 0.15) is 32.1 Å². The summed E-state index contributed by atoms with van der Waals surface area (Å²) in [6.07, 6.45) is 5.01. The van der Waals surface area contributed by atoms with Crippen LogP contribution >= 0.6 is 23.2 Å². The van der Waals surface area contributed by atoms with Gasteiger partial charge in [-0.05, 0) is 49.8 Å². The summed E-state index contributed by atoms with van der Waals surface area (Å²) in [5, 5.41) is 9.79. The van der Waals surface area contributed by atoms with Crippen LogP contribution in [0, 0.1) is 5.92 Å². The summed E-state index contributed by atoms with van der Waals surface area (Å²) in [6, 6.07) is 5.97. The third-order valence-electron chi connectivity index (χ3n) is 4.69. The number of piperidine rings is 1. The standard InChI is InChI=1S/C17H21Cl2N3O2/c18-11-1-4-14(19)15(8-11)22-17(24)9-20-16(23)7-10-5-12-2-3-13(6-10)21-12/h1,4,8,10,12-13,21H,2-3,5-7,9H2,(H,20,23)(H,22,24). The SMILES string of the molecule is O=C(CC1CC2CCC(C1)N2)NCC(=O)Nc1cc(Cl)ccc1Cl. The van der Waals surface area contributed by atoms with E-state index in [0.717, 1.165) is 12.8 Å². The van der Waals surface area contributed by atoms with E-state index in [2.05, 4.69) is 16.0 Å². The van der Waals surface area contributed by atoms with E-state index in [4.69, 9.17) is 23.2 Å². The van der Waals surface area contributed by atoms with Crippen molar-refractivity contribution in [2.45, 2.75) is 44.2 Å². The lowest BCUT2D eigenvalue weighted by Crippen LogP contribution is -2.40. The number of hydrogen-bond acceptors (Lipinski definition) is 3. The zero-order valence-corrected chi connectivity index (χ0v) is 14.8. The molecule has 2 bridgehead atoms. The van der Waals surface area contributed by atoms with E-state index in [1.165, 1.54) is 12.8 Å². The van der Waals surface area contributed by atoms with Crippen molar-refractivity contribution in [3.8, 4) is 0 Å². The first kappa shape index (κ1) is 17.5. The molecule has 2 atom stereocenters. The average molecular weight is 370 g/mol. The molecule has 0 aliphatic carbocycles. The molecule has 130 valence electrons. The Labute approximate surface area is 151 Å². The summed E-state index contributed by atoms with van der Waals surface area (Å²) in [4.78, 5) is 24.0. The van der Waals surface area contributed by atoms with Gasteiger partial charge in [-0.1, -0.05) is 23.2 Å². The van der Waals surface area contributed by atoms with Crippen LogP contribution in [0.2, 0.25) is 10.0 Å². The minimum atomic E-state index is -0.321. The van der Waals surface area contributed by atoms with Crippen LogP contribution in [-0.2, 0) is 9.59 Å². The highest BCUT2D eigenvalue weighted by molar-refractivity contribution is 6.35. The van der Waals surface area contributed by atoms with Crippen LogP contribution in [0.15, 0.2) is 18.2 Å². The zero-order chi connectivity index (χ0) is 17.1. The van der Waals surface area contributed by atoms with Crippen molar-refractivity contribution >= 4 is 40.7 Å². The number of benzene rings is 1. The van der Waals surface area contributed by atoms with Gasteiger partial charge in [0.1, 0.15) is 0 Å². The van der Waals surface area contributed by atoms with E-state index in [0.29, 0.717) is 40.2 Å². The molecule has 0 radical (unpaired) electrons. The third kappa shape index (κ3) is 4.62. The highest BCUT2D eigenvalue weighted by Gasteiger charge is 2.34. The largest absolute Gasteiger partial charge is 0.347 e. The molecular weight excluding hydrogens is 349 g/mol. The van der Waals surface area contributed by atoms with Crippen LogP contribution in [0.3, 0.4) is 0 Å². The van der Waals surface area contributed by atoms with Gasteiger partial charge >= 0.3 is 0 Å². The Morgan fingerprint density at radius 3 is 2.54 bits per heavy atom. The number of halogens is 2. The maximum Gasteiger partial charge on any atom is 0.243 e. The van der Waals surface area contributed by atoms with E-state index in [-0.39, 0.29) is 18.4 Å². The molecule has 3 N–H and O–H groups in total. The molecule has 1 aromatic rings. The summed E-state index contributed by atoms with van der Waals surface area (Å²) in [6.45, 7) is -0.0699. The van der Waals surface area contributed by atoms with Crippen molar-refractivity contribution < 1.29 is 9.59 Å².